The molecule has 0 saturated carbocycles. The molecule has 1 aromatic heterocycles. The summed E-state index contributed by atoms with van der Waals surface area (Å²) in [5, 5.41) is 54.9. The van der Waals surface area contributed by atoms with Crippen LogP contribution in [0.4, 0.5) is 5.69 Å². The molecule has 5 rings (SSSR count). The second-order valence-electron chi connectivity index (χ2n) is 10.4. The third-order valence-electron chi connectivity index (χ3n) is 7.48. The number of sulfonamides is 1. The molecule has 14 heteroatoms. The molecule has 0 spiro atoms. The predicted octanol–water partition coefficient (Wildman–Crippen LogP) is 0.896. The SMILES string of the molecule is N#C/C(=C\c1ccc(-c2ccc3cc(NCCN4CCOCC4)ccc3c2)s1)S(=O)(=O)N[C@H]1C(O)O[C@H](CO)[C@@H](O)[C@@H]1O. The Kier molecular flexibility index (Phi) is 10.1. The Labute approximate surface area is 253 Å². The summed E-state index contributed by atoms with van der Waals surface area (Å²) in [6.45, 7) is 4.57. The molecule has 3 aromatic rings. The quantitative estimate of drug-likeness (QED) is 0.175. The third-order valence-corrected chi connectivity index (χ3v) is 9.93. The molecule has 5 atom stereocenters. The molecule has 3 heterocycles. The highest BCUT2D eigenvalue weighted by atomic mass is 32.2. The first-order chi connectivity index (χ1) is 20.7. The summed E-state index contributed by atoms with van der Waals surface area (Å²) in [5.74, 6) is 0. The number of hydrogen-bond acceptors (Lipinski definition) is 12. The highest BCUT2D eigenvalue weighted by Gasteiger charge is 2.45. The van der Waals surface area contributed by atoms with Crippen LogP contribution in [-0.2, 0) is 19.5 Å². The van der Waals surface area contributed by atoms with E-state index in [4.69, 9.17) is 9.47 Å². The zero-order valence-corrected chi connectivity index (χ0v) is 24.8. The number of nitriles is 1. The summed E-state index contributed by atoms with van der Waals surface area (Å²) in [7, 11) is -4.52. The van der Waals surface area contributed by atoms with Crippen molar-refractivity contribution >= 4 is 43.9 Å². The number of aliphatic hydroxyl groups excluding tert-OH is 4. The van der Waals surface area contributed by atoms with E-state index in [1.807, 2.05) is 41.1 Å². The molecule has 12 nitrogen and oxygen atoms in total. The Hall–Kier alpha value is -2.94. The van der Waals surface area contributed by atoms with E-state index in [0.717, 1.165) is 66.3 Å². The largest absolute Gasteiger partial charge is 0.394 e. The summed E-state index contributed by atoms with van der Waals surface area (Å²) < 4.78 is 38.4. The second-order valence-corrected chi connectivity index (χ2v) is 13.2. The van der Waals surface area contributed by atoms with E-state index < -0.39 is 52.2 Å². The number of morpholine rings is 1. The molecule has 0 bridgehead atoms. The number of fused-ring (bicyclic) bond motifs is 1. The number of allylic oxidation sites excluding steroid dienone is 1. The van der Waals surface area contributed by atoms with Crippen molar-refractivity contribution in [2.45, 2.75) is 30.6 Å². The third kappa shape index (κ3) is 7.41. The Morgan fingerprint density at radius 3 is 2.56 bits per heavy atom. The topological polar surface area (TPSA) is 185 Å². The normalized spacial score (nSPS) is 25.5. The summed E-state index contributed by atoms with van der Waals surface area (Å²) in [4.78, 5) is 3.09. The number of benzene rings is 2. The molecular weight excluding hydrogens is 596 g/mol. The highest BCUT2D eigenvalue weighted by Crippen LogP contribution is 2.33. The lowest BCUT2D eigenvalue weighted by Crippen LogP contribution is -2.64. The Morgan fingerprint density at radius 2 is 1.81 bits per heavy atom. The van der Waals surface area contributed by atoms with Gasteiger partial charge in [0.2, 0.25) is 0 Å². The maximum absolute atomic E-state index is 13.0. The molecule has 1 unspecified atom stereocenters. The van der Waals surface area contributed by atoms with Crippen LogP contribution in [0.2, 0.25) is 0 Å². The minimum Gasteiger partial charge on any atom is -0.394 e. The lowest BCUT2D eigenvalue weighted by Gasteiger charge is -2.40. The van der Waals surface area contributed by atoms with Gasteiger partial charge in [-0.1, -0.05) is 18.2 Å². The average molecular weight is 631 g/mol. The van der Waals surface area contributed by atoms with Crippen LogP contribution in [0.1, 0.15) is 4.88 Å². The van der Waals surface area contributed by atoms with Gasteiger partial charge in [-0.05, 0) is 52.7 Å². The van der Waals surface area contributed by atoms with E-state index in [0.29, 0.717) is 4.88 Å². The van der Waals surface area contributed by atoms with Gasteiger partial charge in [-0.15, -0.1) is 11.3 Å². The second kappa shape index (κ2) is 13.8. The van der Waals surface area contributed by atoms with Crippen molar-refractivity contribution in [1.29, 1.82) is 5.26 Å². The summed E-state index contributed by atoms with van der Waals surface area (Å²) >= 11 is 1.30. The van der Waals surface area contributed by atoms with Gasteiger partial charge < -0.3 is 35.2 Å². The van der Waals surface area contributed by atoms with E-state index >= 15 is 0 Å². The van der Waals surface area contributed by atoms with E-state index in [9.17, 15) is 34.1 Å². The van der Waals surface area contributed by atoms with Crippen LogP contribution in [0.5, 0.6) is 0 Å². The lowest BCUT2D eigenvalue weighted by molar-refractivity contribution is -0.251. The Bertz CT molecular complexity index is 1600. The van der Waals surface area contributed by atoms with Gasteiger partial charge in [-0.25, -0.2) is 8.42 Å². The number of hydrogen-bond donors (Lipinski definition) is 6. The van der Waals surface area contributed by atoms with Gasteiger partial charge in [0, 0.05) is 41.6 Å². The number of thiophene rings is 1. The van der Waals surface area contributed by atoms with Crippen molar-refractivity contribution in [3.63, 3.8) is 0 Å². The minimum atomic E-state index is -4.52. The maximum atomic E-state index is 13.0. The van der Waals surface area contributed by atoms with Gasteiger partial charge in [0.05, 0.1) is 19.8 Å². The van der Waals surface area contributed by atoms with Gasteiger partial charge in [-0.3, -0.25) is 4.90 Å². The first-order valence-corrected chi connectivity index (χ1v) is 16.1. The monoisotopic (exact) mass is 630 g/mol. The molecule has 2 aliphatic heterocycles. The van der Waals surface area contributed by atoms with E-state index in [-0.39, 0.29) is 0 Å². The predicted molar refractivity (Wildman–Crippen MR) is 162 cm³/mol. The molecule has 43 heavy (non-hydrogen) atoms. The number of nitrogens with one attached hydrogen (secondary N) is 2. The van der Waals surface area contributed by atoms with Gasteiger partial charge in [-0.2, -0.15) is 9.98 Å². The van der Waals surface area contributed by atoms with E-state index in [2.05, 4.69) is 16.3 Å². The van der Waals surface area contributed by atoms with Crippen molar-refractivity contribution in [1.82, 2.24) is 9.62 Å². The number of rotatable bonds is 10. The lowest BCUT2D eigenvalue weighted by atomic mass is 9.98. The zero-order chi connectivity index (χ0) is 30.6. The fourth-order valence-electron chi connectivity index (χ4n) is 5.04. The fraction of sp³-hybridized carbons (Fsp3) is 0.414. The first-order valence-electron chi connectivity index (χ1n) is 13.8. The van der Waals surface area contributed by atoms with Crippen molar-refractivity contribution in [2.24, 2.45) is 0 Å². The number of anilines is 1. The van der Waals surface area contributed by atoms with Gasteiger partial charge in [0.1, 0.15) is 30.4 Å². The van der Waals surface area contributed by atoms with Crippen molar-refractivity contribution in [3.8, 4) is 16.5 Å². The number of nitrogens with zero attached hydrogens (tertiary/aromatic N) is 2. The Balaban J connectivity index is 1.26. The molecule has 2 saturated heterocycles. The van der Waals surface area contributed by atoms with Crippen LogP contribution in [0.3, 0.4) is 0 Å². The Morgan fingerprint density at radius 1 is 1.07 bits per heavy atom. The summed E-state index contributed by atoms with van der Waals surface area (Å²) in [6.07, 6.45) is -5.38. The molecule has 2 aliphatic rings. The van der Waals surface area contributed by atoms with Crippen LogP contribution in [0.15, 0.2) is 53.4 Å². The van der Waals surface area contributed by atoms with Crippen LogP contribution in [0, 0.1) is 11.3 Å². The van der Waals surface area contributed by atoms with Crippen LogP contribution in [0.25, 0.3) is 27.3 Å². The average Bonchev–Trinajstić information content (AvgIpc) is 3.49. The van der Waals surface area contributed by atoms with Crippen LogP contribution < -0.4 is 10.0 Å². The minimum absolute atomic E-state index is 0.498. The number of aliphatic hydroxyl groups is 4. The van der Waals surface area contributed by atoms with Crippen LogP contribution >= 0.6 is 11.3 Å². The van der Waals surface area contributed by atoms with E-state index in [1.54, 1.807) is 12.1 Å². The van der Waals surface area contributed by atoms with Gasteiger partial charge >= 0.3 is 0 Å². The zero-order valence-electron chi connectivity index (χ0n) is 23.2. The molecule has 0 radical (unpaired) electrons. The molecule has 230 valence electrons. The van der Waals surface area contributed by atoms with Crippen molar-refractivity contribution in [2.75, 3.05) is 51.3 Å². The van der Waals surface area contributed by atoms with Crippen molar-refractivity contribution < 1.29 is 38.3 Å². The maximum Gasteiger partial charge on any atom is 0.251 e. The standard InChI is InChI=1S/C29H34N4O8S2/c30-16-23(43(38,39)32-26-28(36)27(35)24(17-34)41-29(26)37)15-22-5-6-25(42-22)20-2-1-19-14-21(4-3-18(19)13-20)31-7-8-33-9-11-40-12-10-33/h1-6,13-15,24,26-29,31-32,34-37H,7-12,17H2/b23-15+/t24-,26-,27-,28-,29?/m1/s1. The molecular formula is C29H34N4O8S2. The van der Waals surface area contributed by atoms with Gasteiger partial charge in [0.25, 0.3) is 10.0 Å². The number of ether oxygens (including phenoxy) is 2. The van der Waals surface area contributed by atoms with Gasteiger partial charge in [0.15, 0.2) is 11.2 Å². The van der Waals surface area contributed by atoms with E-state index in [1.165, 1.54) is 17.4 Å². The smallest absolute Gasteiger partial charge is 0.251 e. The fourth-order valence-corrected chi connectivity index (χ4v) is 7.21. The molecule has 2 fully saturated rings. The highest BCUT2D eigenvalue weighted by molar-refractivity contribution is 7.93. The summed E-state index contributed by atoms with van der Waals surface area (Å²) in [6, 6.07) is 15.8. The molecule has 0 aliphatic carbocycles. The summed E-state index contributed by atoms with van der Waals surface area (Å²) in [5.41, 5.74) is 1.97. The first kappa shape index (κ1) is 31.5. The molecule has 6 N–H and O–H groups in total. The molecule has 2 aromatic carbocycles. The molecule has 0 amide bonds. The van der Waals surface area contributed by atoms with Crippen molar-refractivity contribution in [3.05, 3.63) is 58.3 Å². The van der Waals surface area contributed by atoms with Crippen LogP contribution in [-0.4, -0.2) is 110 Å².